The molecular formula is C12H7F2. The van der Waals surface area contributed by atoms with Crippen LogP contribution in [-0.4, -0.2) is 0 Å². The molecule has 0 bridgehead atoms. The molecule has 0 fully saturated rings. The monoisotopic (exact) mass is 189 g/mol. The van der Waals surface area contributed by atoms with E-state index in [1.54, 1.807) is 24.3 Å². The maximum Gasteiger partial charge on any atom is 0.131 e. The molecule has 0 amide bonds. The minimum absolute atomic E-state index is 0.298. The van der Waals surface area contributed by atoms with Crippen molar-refractivity contribution in [3.05, 3.63) is 60.2 Å². The van der Waals surface area contributed by atoms with Gasteiger partial charge in [-0.25, -0.2) is 8.78 Å². The Bertz CT molecular complexity index is 450. The Kier molecular flexibility index (Phi) is 2.27. The van der Waals surface area contributed by atoms with Crippen molar-refractivity contribution in [3.63, 3.8) is 0 Å². The second kappa shape index (κ2) is 3.58. The summed E-state index contributed by atoms with van der Waals surface area (Å²) in [6, 6.07) is 13.0. The SMILES string of the molecule is Fc1cccc(-c2[c]cccc2F)c1. The van der Waals surface area contributed by atoms with Gasteiger partial charge in [-0.1, -0.05) is 24.3 Å². The van der Waals surface area contributed by atoms with Gasteiger partial charge in [0, 0.05) is 5.56 Å². The molecule has 14 heavy (non-hydrogen) atoms. The van der Waals surface area contributed by atoms with Gasteiger partial charge in [0.05, 0.1) is 0 Å². The fraction of sp³-hybridized carbons (Fsp3) is 0. The van der Waals surface area contributed by atoms with E-state index in [9.17, 15) is 8.78 Å². The van der Waals surface area contributed by atoms with Crippen LogP contribution >= 0.6 is 0 Å². The molecule has 2 rings (SSSR count). The minimum atomic E-state index is -0.391. The lowest BCUT2D eigenvalue weighted by Crippen LogP contribution is -1.84. The fourth-order valence-corrected chi connectivity index (χ4v) is 1.28. The first-order valence-electron chi connectivity index (χ1n) is 4.19. The molecule has 0 heterocycles. The van der Waals surface area contributed by atoms with Gasteiger partial charge in [0.1, 0.15) is 11.6 Å². The Labute approximate surface area is 80.8 Å². The van der Waals surface area contributed by atoms with Crippen LogP contribution in [0, 0.1) is 17.7 Å². The smallest absolute Gasteiger partial charge is 0.131 e. The first kappa shape index (κ1) is 8.88. The third-order valence-electron chi connectivity index (χ3n) is 1.92. The van der Waals surface area contributed by atoms with Crippen molar-refractivity contribution in [3.8, 4) is 11.1 Å². The molecule has 0 saturated heterocycles. The van der Waals surface area contributed by atoms with Gasteiger partial charge in [-0.15, -0.1) is 0 Å². The topological polar surface area (TPSA) is 0 Å². The summed E-state index contributed by atoms with van der Waals surface area (Å²) in [7, 11) is 0. The summed E-state index contributed by atoms with van der Waals surface area (Å²) >= 11 is 0. The van der Waals surface area contributed by atoms with Gasteiger partial charge in [0.25, 0.3) is 0 Å². The first-order valence-corrected chi connectivity index (χ1v) is 4.19. The Morgan fingerprint density at radius 1 is 1.00 bits per heavy atom. The summed E-state index contributed by atoms with van der Waals surface area (Å²) in [4.78, 5) is 0. The van der Waals surface area contributed by atoms with E-state index in [2.05, 4.69) is 6.07 Å². The molecule has 2 heteroatoms. The van der Waals surface area contributed by atoms with Gasteiger partial charge in [0.15, 0.2) is 0 Å². The van der Waals surface area contributed by atoms with Crippen LogP contribution in [0.25, 0.3) is 11.1 Å². The normalized spacial score (nSPS) is 10.1. The van der Waals surface area contributed by atoms with Crippen LogP contribution in [0.2, 0.25) is 0 Å². The quantitative estimate of drug-likeness (QED) is 0.644. The molecule has 1 radical (unpaired) electrons. The van der Waals surface area contributed by atoms with Crippen molar-refractivity contribution in [2.45, 2.75) is 0 Å². The highest BCUT2D eigenvalue weighted by atomic mass is 19.1. The lowest BCUT2D eigenvalue weighted by molar-refractivity contribution is 0.624. The van der Waals surface area contributed by atoms with Crippen molar-refractivity contribution in [2.75, 3.05) is 0 Å². The Morgan fingerprint density at radius 2 is 1.86 bits per heavy atom. The second-order valence-electron chi connectivity index (χ2n) is 2.90. The number of hydrogen-bond donors (Lipinski definition) is 0. The molecule has 2 aromatic rings. The number of hydrogen-bond acceptors (Lipinski definition) is 0. The third kappa shape index (κ3) is 1.64. The zero-order chi connectivity index (χ0) is 9.97. The van der Waals surface area contributed by atoms with Crippen LogP contribution in [0.1, 0.15) is 0 Å². The summed E-state index contributed by atoms with van der Waals surface area (Å²) < 4.78 is 26.1. The molecule has 0 aromatic heterocycles. The van der Waals surface area contributed by atoms with Gasteiger partial charge < -0.3 is 0 Å². The molecule has 0 nitrogen and oxygen atoms in total. The molecule has 0 saturated carbocycles. The van der Waals surface area contributed by atoms with Gasteiger partial charge >= 0.3 is 0 Å². The number of halogens is 2. The van der Waals surface area contributed by atoms with Crippen LogP contribution < -0.4 is 0 Å². The fourth-order valence-electron chi connectivity index (χ4n) is 1.28. The third-order valence-corrected chi connectivity index (χ3v) is 1.92. The van der Waals surface area contributed by atoms with Gasteiger partial charge in [-0.05, 0) is 29.8 Å². The largest absolute Gasteiger partial charge is 0.207 e. The minimum Gasteiger partial charge on any atom is -0.207 e. The molecule has 0 unspecified atom stereocenters. The van der Waals surface area contributed by atoms with Crippen LogP contribution in [0.4, 0.5) is 8.78 Å². The molecule has 0 aliphatic rings. The summed E-state index contributed by atoms with van der Waals surface area (Å²) in [5.41, 5.74) is 0.801. The predicted octanol–water partition coefficient (Wildman–Crippen LogP) is 3.43. The van der Waals surface area contributed by atoms with E-state index in [1.807, 2.05) is 0 Å². The number of benzene rings is 2. The van der Waals surface area contributed by atoms with E-state index in [0.717, 1.165) is 0 Å². The zero-order valence-corrected chi connectivity index (χ0v) is 7.30. The summed E-state index contributed by atoms with van der Waals surface area (Å²) in [5, 5.41) is 0. The Hall–Kier alpha value is -1.70. The van der Waals surface area contributed by atoms with E-state index in [-0.39, 0.29) is 5.82 Å². The van der Waals surface area contributed by atoms with E-state index >= 15 is 0 Å². The van der Waals surface area contributed by atoms with Crippen molar-refractivity contribution in [1.29, 1.82) is 0 Å². The molecule has 2 aromatic carbocycles. The van der Waals surface area contributed by atoms with Gasteiger partial charge in [-0.2, -0.15) is 0 Å². The summed E-state index contributed by atoms with van der Waals surface area (Å²) in [6.07, 6.45) is 0. The maximum atomic E-state index is 13.3. The lowest BCUT2D eigenvalue weighted by Gasteiger charge is -2.01. The van der Waals surface area contributed by atoms with Crippen molar-refractivity contribution >= 4 is 0 Å². The molecule has 0 atom stereocenters. The molecule has 0 spiro atoms. The maximum absolute atomic E-state index is 13.3. The van der Waals surface area contributed by atoms with E-state index in [4.69, 9.17) is 0 Å². The molecule has 0 N–H and O–H groups in total. The van der Waals surface area contributed by atoms with Crippen LogP contribution in [0.15, 0.2) is 42.5 Å². The van der Waals surface area contributed by atoms with Crippen LogP contribution in [0.5, 0.6) is 0 Å². The van der Waals surface area contributed by atoms with Crippen LogP contribution in [-0.2, 0) is 0 Å². The highest BCUT2D eigenvalue weighted by Crippen LogP contribution is 2.22. The zero-order valence-electron chi connectivity index (χ0n) is 7.30. The second-order valence-corrected chi connectivity index (χ2v) is 2.90. The van der Waals surface area contributed by atoms with Gasteiger partial charge in [0.2, 0.25) is 0 Å². The summed E-state index contributed by atoms with van der Waals surface area (Å²) in [6.45, 7) is 0. The van der Waals surface area contributed by atoms with Crippen molar-refractivity contribution in [1.82, 2.24) is 0 Å². The highest BCUT2D eigenvalue weighted by Gasteiger charge is 2.04. The van der Waals surface area contributed by atoms with Crippen LogP contribution in [0.3, 0.4) is 0 Å². The molecule has 0 aliphatic carbocycles. The standard InChI is InChI=1S/C12H7F2/c13-10-5-3-4-9(8-10)11-6-1-2-7-12(11)14/h1-5,7-8H. The lowest BCUT2D eigenvalue weighted by atomic mass is 10.1. The Morgan fingerprint density at radius 3 is 2.57 bits per heavy atom. The first-order chi connectivity index (χ1) is 6.77. The molecular weight excluding hydrogens is 182 g/mol. The molecule has 69 valence electrons. The van der Waals surface area contributed by atoms with E-state index < -0.39 is 5.82 Å². The summed E-state index contributed by atoms with van der Waals surface area (Å²) in [5.74, 6) is -0.766. The molecule has 0 aliphatic heterocycles. The number of rotatable bonds is 1. The average Bonchev–Trinajstić information content (AvgIpc) is 2.18. The Balaban J connectivity index is 2.55. The average molecular weight is 189 g/mol. The van der Waals surface area contributed by atoms with Crippen molar-refractivity contribution in [2.24, 2.45) is 0 Å². The van der Waals surface area contributed by atoms with E-state index in [1.165, 1.54) is 18.2 Å². The highest BCUT2D eigenvalue weighted by molar-refractivity contribution is 5.63. The van der Waals surface area contributed by atoms with Crippen molar-refractivity contribution < 1.29 is 8.78 Å². The van der Waals surface area contributed by atoms with E-state index in [0.29, 0.717) is 11.1 Å². The predicted molar refractivity (Wildman–Crippen MR) is 50.6 cm³/mol. The van der Waals surface area contributed by atoms with Gasteiger partial charge in [-0.3, -0.25) is 0 Å².